The standard InChI is InChI=1S/C25H36N2O4/c1-3-5-7-8-11-24(28)31-22-14-12-21(13-15-22)25-26-19-23(20-27-25)30-18-10-9-17-29-16-6-4-2/h12-15,19-20H,3-11,16-18H2,1-2H3. The first-order valence-corrected chi connectivity index (χ1v) is 11.6. The number of carbonyl (C=O) groups excluding carboxylic acids is 1. The van der Waals surface area contributed by atoms with Gasteiger partial charge in [-0.25, -0.2) is 9.97 Å². The van der Waals surface area contributed by atoms with Crippen molar-refractivity contribution < 1.29 is 19.0 Å². The second-order valence-electron chi connectivity index (χ2n) is 7.57. The molecule has 1 aromatic carbocycles. The van der Waals surface area contributed by atoms with Crippen molar-refractivity contribution >= 4 is 5.97 Å². The second kappa shape index (κ2) is 15.3. The number of hydrogen-bond donors (Lipinski definition) is 0. The van der Waals surface area contributed by atoms with Gasteiger partial charge < -0.3 is 14.2 Å². The highest BCUT2D eigenvalue weighted by Crippen LogP contribution is 2.21. The van der Waals surface area contributed by atoms with E-state index in [-0.39, 0.29) is 5.97 Å². The molecule has 0 amide bonds. The number of hydrogen-bond acceptors (Lipinski definition) is 6. The summed E-state index contributed by atoms with van der Waals surface area (Å²) in [5.74, 6) is 1.62. The maximum absolute atomic E-state index is 11.9. The molecule has 0 aliphatic heterocycles. The predicted molar refractivity (Wildman–Crippen MR) is 122 cm³/mol. The number of unbranched alkanes of at least 4 members (excludes halogenated alkanes) is 5. The van der Waals surface area contributed by atoms with E-state index < -0.39 is 0 Å². The molecule has 0 spiro atoms. The highest BCUT2D eigenvalue weighted by Gasteiger charge is 2.07. The van der Waals surface area contributed by atoms with Crippen LogP contribution in [0, 0.1) is 0 Å². The summed E-state index contributed by atoms with van der Waals surface area (Å²) in [6.07, 6.45) is 12.3. The molecule has 2 aromatic rings. The molecule has 0 atom stereocenters. The monoisotopic (exact) mass is 428 g/mol. The average Bonchev–Trinajstić information content (AvgIpc) is 2.79. The summed E-state index contributed by atoms with van der Waals surface area (Å²) in [6.45, 7) is 6.56. The zero-order valence-corrected chi connectivity index (χ0v) is 19.0. The van der Waals surface area contributed by atoms with E-state index in [4.69, 9.17) is 14.2 Å². The summed E-state index contributed by atoms with van der Waals surface area (Å²) in [5, 5.41) is 0. The highest BCUT2D eigenvalue weighted by molar-refractivity contribution is 5.72. The normalized spacial score (nSPS) is 10.8. The molecule has 0 bridgehead atoms. The second-order valence-corrected chi connectivity index (χ2v) is 7.57. The molecule has 6 heteroatoms. The van der Waals surface area contributed by atoms with Crippen LogP contribution in [0.2, 0.25) is 0 Å². The summed E-state index contributed by atoms with van der Waals surface area (Å²) in [7, 11) is 0. The Morgan fingerprint density at radius 1 is 0.774 bits per heavy atom. The Balaban J connectivity index is 1.70. The van der Waals surface area contributed by atoms with Gasteiger partial charge in [-0.3, -0.25) is 4.79 Å². The fourth-order valence-electron chi connectivity index (χ4n) is 2.94. The van der Waals surface area contributed by atoms with Gasteiger partial charge in [0.25, 0.3) is 0 Å². The molecular weight excluding hydrogens is 392 g/mol. The quantitative estimate of drug-likeness (QED) is 0.186. The largest absolute Gasteiger partial charge is 0.490 e. The Morgan fingerprint density at radius 3 is 2.16 bits per heavy atom. The SMILES string of the molecule is CCCCCCC(=O)Oc1ccc(-c2ncc(OCCCCOCCCC)cn2)cc1. The van der Waals surface area contributed by atoms with Gasteiger partial charge >= 0.3 is 5.97 Å². The molecule has 0 saturated carbocycles. The number of benzene rings is 1. The Bertz CT molecular complexity index is 732. The van der Waals surface area contributed by atoms with Crippen LogP contribution < -0.4 is 9.47 Å². The zero-order valence-electron chi connectivity index (χ0n) is 19.0. The van der Waals surface area contributed by atoms with Gasteiger partial charge in [0, 0.05) is 25.2 Å². The Kier molecular flexibility index (Phi) is 12.3. The Morgan fingerprint density at radius 2 is 1.45 bits per heavy atom. The van der Waals surface area contributed by atoms with Crippen LogP contribution in [-0.4, -0.2) is 35.8 Å². The molecule has 0 aliphatic carbocycles. The van der Waals surface area contributed by atoms with Crippen molar-refractivity contribution in [1.82, 2.24) is 9.97 Å². The molecule has 170 valence electrons. The van der Waals surface area contributed by atoms with E-state index in [0.29, 0.717) is 30.4 Å². The average molecular weight is 429 g/mol. The van der Waals surface area contributed by atoms with Crippen LogP contribution in [0.3, 0.4) is 0 Å². The lowest BCUT2D eigenvalue weighted by atomic mass is 10.1. The van der Waals surface area contributed by atoms with Gasteiger partial charge in [0.15, 0.2) is 11.6 Å². The van der Waals surface area contributed by atoms with Gasteiger partial charge in [-0.05, 0) is 49.9 Å². The molecule has 1 heterocycles. The van der Waals surface area contributed by atoms with Gasteiger partial charge in [0.05, 0.1) is 19.0 Å². The van der Waals surface area contributed by atoms with Crippen molar-refractivity contribution in [2.24, 2.45) is 0 Å². The molecular formula is C25H36N2O4. The van der Waals surface area contributed by atoms with Gasteiger partial charge in [0.2, 0.25) is 0 Å². The topological polar surface area (TPSA) is 70.5 Å². The number of esters is 1. The fourth-order valence-corrected chi connectivity index (χ4v) is 2.94. The van der Waals surface area contributed by atoms with Gasteiger partial charge in [-0.2, -0.15) is 0 Å². The van der Waals surface area contributed by atoms with Crippen LogP contribution in [-0.2, 0) is 9.53 Å². The van der Waals surface area contributed by atoms with E-state index in [1.54, 1.807) is 24.5 Å². The lowest BCUT2D eigenvalue weighted by Crippen LogP contribution is -2.07. The Hall–Kier alpha value is -2.47. The minimum absolute atomic E-state index is 0.186. The van der Waals surface area contributed by atoms with Crippen molar-refractivity contribution in [3.63, 3.8) is 0 Å². The first-order valence-electron chi connectivity index (χ1n) is 11.6. The summed E-state index contributed by atoms with van der Waals surface area (Å²) in [4.78, 5) is 20.6. The van der Waals surface area contributed by atoms with Crippen LogP contribution in [0.1, 0.15) is 71.6 Å². The van der Waals surface area contributed by atoms with Crippen LogP contribution >= 0.6 is 0 Å². The molecule has 1 aromatic heterocycles. The molecule has 2 rings (SSSR count). The van der Waals surface area contributed by atoms with Crippen molar-refractivity contribution in [2.75, 3.05) is 19.8 Å². The third kappa shape index (κ3) is 10.4. The summed E-state index contributed by atoms with van der Waals surface area (Å²) >= 11 is 0. The van der Waals surface area contributed by atoms with E-state index in [1.807, 2.05) is 12.1 Å². The maximum atomic E-state index is 11.9. The van der Waals surface area contributed by atoms with E-state index in [0.717, 1.165) is 70.1 Å². The van der Waals surface area contributed by atoms with Crippen molar-refractivity contribution in [2.45, 2.75) is 71.6 Å². The molecule has 0 N–H and O–H groups in total. The van der Waals surface area contributed by atoms with E-state index >= 15 is 0 Å². The lowest BCUT2D eigenvalue weighted by molar-refractivity contribution is -0.134. The van der Waals surface area contributed by atoms with E-state index in [1.165, 1.54) is 0 Å². The van der Waals surface area contributed by atoms with Gasteiger partial charge in [-0.1, -0.05) is 39.5 Å². The number of nitrogens with zero attached hydrogens (tertiary/aromatic N) is 2. The highest BCUT2D eigenvalue weighted by atomic mass is 16.5. The maximum Gasteiger partial charge on any atom is 0.311 e. The number of ether oxygens (including phenoxy) is 3. The molecule has 31 heavy (non-hydrogen) atoms. The number of rotatable bonds is 16. The van der Waals surface area contributed by atoms with E-state index in [2.05, 4.69) is 23.8 Å². The molecule has 0 radical (unpaired) electrons. The molecule has 6 nitrogen and oxygen atoms in total. The third-order valence-electron chi connectivity index (χ3n) is 4.80. The first kappa shape index (κ1) is 24.8. The molecule has 0 saturated heterocycles. The zero-order chi connectivity index (χ0) is 22.2. The van der Waals surface area contributed by atoms with Crippen molar-refractivity contribution in [1.29, 1.82) is 0 Å². The van der Waals surface area contributed by atoms with Crippen molar-refractivity contribution in [3.05, 3.63) is 36.7 Å². The smallest absolute Gasteiger partial charge is 0.311 e. The summed E-state index contributed by atoms with van der Waals surface area (Å²) in [6, 6.07) is 7.26. The first-order chi connectivity index (χ1) is 15.2. The minimum Gasteiger partial charge on any atom is -0.490 e. The Labute approximate surface area is 186 Å². The van der Waals surface area contributed by atoms with Crippen LogP contribution in [0.4, 0.5) is 0 Å². The number of carbonyl (C=O) groups is 1. The van der Waals surface area contributed by atoms with Crippen LogP contribution in [0.15, 0.2) is 36.7 Å². The van der Waals surface area contributed by atoms with Crippen molar-refractivity contribution in [3.8, 4) is 22.9 Å². The number of aromatic nitrogens is 2. The van der Waals surface area contributed by atoms with E-state index in [9.17, 15) is 4.79 Å². The third-order valence-corrected chi connectivity index (χ3v) is 4.80. The minimum atomic E-state index is -0.186. The van der Waals surface area contributed by atoms with Gasteiger partial charge in [-0.15, -0.1) is 0 Å². The molecule has 0 aliphatic rings. The van der Waals surface area contributed by atoms with Gasteiger partial charge in [0.1, 0.15) is 5.75 Å². The summed E-state index contributed by atoms with van der Waals surface area (Å²) in [5.41, 5.74) is 0.860. The van der Waals surface area contributed by atoms with Crippen LogP contribution in [0.5, 0.6) is 11.5 Å². The molecule has 0 fully saturated rings. The van der Waals surface area contributed by atoms with Crippen LogP contribution in [0.25, 0.3) is 11.4 Å². The lowest BCUT2D eigenvalue weighted by Gasteiger charge is -2.07. The predicted octanol–water partition coefficient (Wildman–Crippen LogP) is 6.00. The summed E-state index contributed by atoms with van der Waals surface area (Å²) < 4.78 is 16.6. The fraction of sp³-hybridized carbons (Fsp3) is 0.560. The molecule has 0 unspecified atom stereocenters.